The molecule has 0 spiro atoms. The van der Waals surface area contributed by atoms with Crippen LogP contribution < -0.4 is 0 Å². The van der Waals surface area contributed by atoms with Crippen LogP contribution in [0.25, 0.3) is 0 Å². The molecule has 1 aliphatic heterocycles. The molecule has 1 heterocycles. The zero-order chi connectivity index (χ0) is 11.2. The topological polar surface area (TPSA) is 94.9 Å². The predicted molar refractivity (Wildman–Crippen MR) is 49.0 cm³/mol. The van der Waals surface area contributed by atoms with Crippen molar-refractivity contribution < 1.29 is 23.9 Å². The van der Waals surface area contributed by atoms with Crippen LogP contribution in [0.1, 0.15) is 20.7 Å². The van der Waals surface area contributed by atoms with E-state index in [1.807, 2.05) is 0 Å². The second kappa shape index (κ2) is 3.00. The van der Waals surface area contributed by atoms with Crippen molar-refractivity contribution in [2.75, 3.05) is 0 Å². The fourth-order valence-electron chi connectivity index (χ4n) is 1.41. The summed E-state index contributed by atoms with van der Waals surface area (Å²) in [5, 5.41) is 0. The van der Waals surface area contributed by atoms with Crippen molar-refractivity contribution in [1.29, 1.82) is 0 Å². The number of fused-ring (bicyclic) bond motifs is 1. The molecule has 15 heavy (non-hydrogen) atoms. The van der Waals surface area contributed by atoms with Crippen LogP contribution in [0, 0.1) is 0 Å². The van der Waals surface area contributed by atoms with Crippen molar-refractivity contribution in [3.05, 3.63) is 35.4 Å². The molecule has 2 rings (SSSR count). The molecule has 2 N–H and O–H groups in total. The minimum Gasteiger partial charge on any atom is -0.308 e. The van der Waals surface area contributed by atoms with E-state index in [0.717, 1.165) is 0 Å². The van der Waals surface area contributed by atoms with Crippen LogP contribution in [0.15, 0.2) is 24.3 Å². The molecule has 0 bridgehead atoms. The van der Waals surface area contributed by atoms with E-state index in [9.17, 15) is 14.2 Å². The van der Waals surface area contributed by atoms with E-state index in [1.165, 1.54) is 24.3 Å². The largest absolute Gasteiger partial charge is 0.439 e. The lowest BCUT2D eigenvalue weighted by Gasteiger charge is -2.13. The SMILES string of the molecule is O=C1c2ccccc2C(=O)N1P(=O)(O)O. The Hall–Kier alpha value is -1.49. The van der Waals surface area contributed by atoms with Crippen molar-refractivity contribution in [2.24, 2.45) is 0 Å². The monoisotopic (exact) mass is 227 g/mol. The van der Waals surface area contributed by atoms with Gasteiger partial charge in [0.15, 0.2) is 0 Å². The molecule has 0 atom stereocenters. The molecule has 1 aliphatic rings. The van der Waals surface area contributed by atoms with Crippen LogP contribution in [-0.4, -0.2) is 26.3 Å². The van der Waals surface area contributed by atoms with Crippen LogP contribution >= 0.6 is 7.75 Å². The van der Waals surface area contributed by atoms with E-state index in [0.29, 0.717) is 0 Å². The number of carbonyl (C=O) groups excluding carboxylic acids is 2. The van der Waals surface area contributed by atoms with Crippen molar-refractivity contribution in [2.45, 2.75) is 0 Å². The van der Waals surface area contributed by atoms with E-state index in [2.05, 4.69) is 0 Å². The Labute approximate surface area is 84.3 Å². The number of amides is 2. The lowest BCUT2D eigenvalue weighted by Crippen LogP contribution is -2.26. The van der Waals surface area contributed by atoms with E-state index in [4.69, 9.17) is 9.79 Å². The summed E-state index contributed by atoms with van der Waals surface area (Å²) < 4.78 is 10.9. The van der Waals surface area contributed by atoms with Gasteiger partial charge in [0, 0.05) is 0 Å². The summed E-state index contributed by atoms with van der Waals surface area (Å²) in [4.78, 5) is 40.6. The summed E-state index contributed by atoms with van der Waals surface area (Å²) in [6.45, 7) is 0. The number of imide groups is 1. The van der Waals surface area contributed by atoms with Gasteiger partial charge in [0.25, 0.3) is 11.8 Å². The molecule has 0 aromatic heterocycles. The van der Waals surface area contributed by atoms with Crippen molar-refractivity contribution in [3.8, 4) is 0 Å². The van der Waals surface area contributed by atoms with Gasteiger partial charge in [0.1, 0.15) is 0 Å². The van der Waals surface area contributed by atoms with Crippen molar-refractivity contribution in [1.82, 2.24) is 4.67 Å². The van der Waals surface area contributed by atoms with E-state index >= 15 is 0 Å². The number of carbonyl (C=O) groups is 2. The van der Waals surface area contributed by atoms with Gasteiger partial charge in [-0.2, -0.15) is 4.67 Å². The van der Waals surface area contributed by atoms with Crippen LogP contribution in [0.3, 0.4) is 0 Å². The predicted octanol–water partition coefficient (Wildman–Crippen LogP) is 0.375. The molecule has 0 saturated heterocycles. The number of benzene rings is 1. The third-order valence-corrected chi connectivity index (χ3v) is 2.92. The summed E-state index contributed by atoms with van der Waals surface area (Å²) >= 11 is 0. The van der Waals surface area contributed by atoms with Gasteiger partial charge in [-0.1, -0.05) is 12.1 Å². The van der Waals surface area contributed by atoms with Gasteiger partial charge in [-0.15, -0.1) is 0 Å². The van der Waals surface area contributed by atoms with Gasteiger partial charge in [-0.3, -0.25) is 9.59 Å². The maximum atomic E-state index is 11.5. The molecule has 0 radical (unpaired) electrons. The van der Waals surface area contributed by atoms with Crippen LogP contribution in [0.2, 0.25) is 0 Å². The fraction of sp³-hybridized carbons (Fsp3) is 0. The summed E-state index contributed by atoms with van der Waals surface area (Å²) in [5.74, 6) is -1.91. The molecule has 6 nitrogen and oxygen atoms in total. The molecule has 0 unspecified atom stereocenters. The Kier molecular flexibility index (Phi) is 2.01. The number of hydrogen-bond acceptors (Lipinski definition) is 3. The lowest BCUT2D eigenvalue weighted by molar-refractivity contribution is 0.0730. The summed E-state index contributed by atoms with van der Waals surface area (Å²) in [6.07, 6.45) is 0. The maximum Gasteiger partial charge on any atom is 0.439 e. The first kappa shape index (κ1) is 10.0. The van der Waals surface area contributed by atoms with Gasteiger partial charge < -0.3 is 9.79 Å². The Balaban J connectivity index is 2.60. The summed E-state index contributed by atoms with van der Waals surface area (Å²) in [6, 6.07) is 5.75. The summed E-state index contributed by atoms with van der Waals surface area (Å²) in [7, 11) is -4.87. The molecule has 0 saturated carbocycles. The average Bonchev–Trinajstić information content (AvgIpc) is 2.39. The highest BCUT2D eigenvalue weighted by Gasteiger charge is 2.45. The molecule has 78 valence electrons. The van der Waals surface area contributed by atoms with E-state index < -0.39 is 19.6 Å². The van der Waals surface area contributed by atoms with Gasteiger partial charge in [0.05, 0.1) is 11.1 Å². The Morgan fingerprint density at radius 1 is 1.00 bits per heavy atom. The molecule has 2 amide bonds. The van der Waals surface area contributed by atoms with Gasteiger partial charge >= 0.3 is 7.75 Å². The standard InChI is InChI=1S/C8H6NO5P/c10-7-5-3-1-2-4-6(5)8(11)9(7)15(12,13)14/h1-4H,(H2,12,13,14). The Bertz CT molecular complexity index is 471. The maximum absolute atomic E-state index is 11.5. The average molecular weight is 227 g/mol. The van der Waals surface area contributed by atoms with Crippen LogP contribution in [0.5, 0.6) is 0 Å². The molecule has 0 aliphatic carbocycles. The second-order valence-electron chi connectivity index (χ2n) is 2.98. The van der Waals surface area contributed by atoms with E-state index in [1.54, 1.807) is 0 Å². The first-order valence-electron chi connectivity index (χ1n) is 3.97. The fourth-order valence-corrected chi connectivity index (χ4v) is 2.10. The smallest absolute Gasteiger partial charge is 0.308 e. The highest BCUT2D eigenvalue weighted by Crippen LogP contribution is 2.45. The zero-order valence-electron chi connectivity index (χ0n) is 7.32. The normalized spacial score (nSPS) is 15.7. The van der Waals surface area contributed by atoms with Crippen LogP contribution in [-0.2, 0) is 4.57 Å². The number of rotatable bonds is 1. The molecule has 0 fully saturated rings. The third-order valence-electron chi connectivity index (χ3n) is 2.03. The summed E-state index contributed by atoms with van der Waals surface area (Å²) in [5.41, 5.74) is 0.0386. The minimum absolute atomic E-state index is 0.0162. The number of nitrogens with zero attached hydrogens (tertiary/aromatic N) is 1. The molecule has 1 aromatic carbocycles. The highest BCUT2D eigenvalue weighted by atomic mass is 31.2. The van der Waals surface area contributed by atoms with Crippen LogP contribution in [0.4, 0.5) is 0 Å². The van der Waals surface area contributed by atoms with Crippen molar-refractivity contribution in [3.63, 3.8) is 0 Å². The first-order valence-corrected chi connectivity index (χ1v) is 5.53. The molecule has 1 aromatic rings. The van der Waals surface area contributed by atoms with Crippen molar-refractivity contribution >= 4 is 19.6 Å². The van der Waals surface area contributed by atoms with Gasteiger partial charge in [0.2, 0.25) is 0 Å². The van der Waals surface area contributed by atoms with Gasteiger partial charge in [-0.25, -0.2) is 4.57 Å². The zero-order valence-corrected chi connectivity index (χ0v) is 8.22. The molecule has 7 heteroatoms. The number of hydrogen-bond donors (Lipinski definition) is 2. The molecular weight excluding hydrogens is 221 g/mol. The van der Waals surface area contributed by atoms with Gasteiger partial charge in [-0.05, 0) is 12.1 Å². The Morgan fingerprint density at radius 3 is 1.73 bits per heavy atom. The Morgan fingerprint density at radius 2 is 1.40 bits per heavy atom. The molecular formula is C8H6NO5P. The third kappa shape index (κ3) is 1.39. The van der Waals surface area contributed by atoms with E-state index in [-0.39, 0.29) is 15.8 Å². The first-order chi connectivity index (χ1) is 6.93. The second-order valence-corrected chi connectivity index (χ2v) is 4.41. The minimum atomic E-state index is -4.87. The quantitative estimate of drug-likeness (QED) is 0.534. The highest BCUT2D eigenvalue weighted by molar-refractivity contribution is 7.51. The lowest BCUT2D eigenvalue weighted by atomic mass is 10.1.